The van der Waals surface area contributed by atoms with Gasteiger partial charge in [-0.25, -0.2) is 0 Å². The van der Waals surface area contributed by atoms with Gasteiger partial charge in [0.05, 0.1) is 12.5 Å². The van der Waals surface area contributed by atoms with E-state index in [1.54, 1.807) is 0 Å². The highest BCUT2D eigenvalue weighted by Crippen LogP contribution is 2.22. The second kappa shape index (κ2) is 23.7. The van der Waals surface area contributed by atoms with Crippen molar-refractivity contribution in [2.24, 2.45) is 17.2 Å². The molecule has 0 aromatic heterocycles. The number of aliphatic hydroxyl groups is 1. The molecule has 0 saturated heterocycles. The van der Waals surface area contributed by atoms with Gasteiger partial charge in [0.15, 0.2) is 5.96 Å². The number of unbranched alkanes of at least 4 members (excludes halogenated alkanes) is 2. The average molecular weight is 639 g/mol. The van der Waals surface area contributed by atoms with Crippen molar-refractivity contribution >= 4 is 23.7 Å². The molecule has 0 aliphatic heterocycles. The summed E-state index contributed by atoms with van der Waals surface area (Å²) >= 11 is 0. The normalized spacial score (nSPS) is 13.0. The van der Waals surface area contributed by atoms with E-state index in [-0.39, 0.29) is 41.8 Å². The van der Waals surface area contributed by atoms with Gasteiger partial charge in [0.25, 0.3) is 0 Å². The highest BCUT2D eigenvalue weighted by molar-refractivity contribution is 5.88. The Kier molecular flexibility index (Phi) is 20.7. The number of guanidine groups is 1. The third-order valence-corrected chi connectivity index (χ3v) is 6.76. The van der Waals surface area contributed by atoms with Crippen molar-refractivity contribution in [1.29, 1.82) is 5.41 Å². The predicted molar refractivity (Wildman–Crippen MR) is 172 cm³/mol. The lowest BCUT2D eigenvalue weighted by molar-refractivity contribution is -0.129. The molecular formula is C29H54N10O6. The Hall–Kier alpha value is -3.70. The number of benzene rings is 1. The number of aliphatic hydroxyl groups excluding tert-OH is 1. The van der Waals surface area contributed by atoms with Crippen molar-refractivity contribution in [2.45, 2.75) is 76.1 Å². The molecule has 45 heavy (non-hydrogen) atoms. The second-order valence-electron chi connectivity index (χ2n) is 10.9. The Morgan fingerprint density at radius 1 is 0.778 bits per heavy atom. The van der Waals surface area contributed by atoms with Crippen molar-refractivity contribution < 1.29 is 29.7 Å². The van der Waals surface area contributed by atoms with Crippen LogP contribution in [0, 0.1) is 5.41 Å². The van der Waals surface area contributed by atoms with E-state index < -0.39 is 30.1 Å². The molecule has 0 bridgehead atoms. The van der Waals surface area contributed by atoms with Crippen LogP contribution in [0.2, 0.25) is 0 Å². The highest BCUT2D eigenvalue weighted by Gasteiger charge is 2.23. The van der Waals surface area contributed by atoms with Crippen LogP contribution in [0.15, 0.2) is 18.2 Å². The fourth-order valence-corrected chi connectivity index (χ4v) is 4.30. The number of amides is 3. The van der Waals surface area contributed by atoms with Gasteiger partial charge in [-0.05, 0) is 70.8 Å². The van der Waals surface area contributed by atoms with Gasteiger partial charge in [0.1, 0.15) is 23.8 Å². The smallest absolute Gasteiger partial charge is 0.242 e. The summed E-state index contributed by atoms with van der Waals surface area (Å²) in [5.41, 5.74) is 16.8. The Morgan fingerprint density at radius 3 is 2.00 bits per heavy atom. The van der Waals surface area contributed by atoms with Crippen molar-refractivity contribution in [3.8, 4) is 11.5 Å². The molecule has 0 aliphatic carbocycles. The second-order valence-corrected chi connectivity index (χ2v) is 10.9. The van der Waals surface area contributed by atoms with Gasteiger partial charge < -0.3 is 64.4 Å². The number of nitrogens with one attached hydrogen (secondary N) is 7. The van der Waals surface area contributed by atoms with E-state index in [0.717, 1.165) is 64.3 Å². The van der Waals surface area contributed by atoms with Crippen molar-refractivity contribution in [1.82, 2.24) is 31.9 Å². The van der Waals surface area contributed by atoms with Gasteiger partial charge in [-0.15, -0.1) is 0 Å². The zero-order valence-electron chi connectivity index (χ0n) is 26.1. The van der Waals surface area contributed by atoms with Crippen LogP contribution in [-0.4, -0.2) is 103 Å². The number of hydrogen-bond donors (Lipinski definition) is 13. The molecule has 1 aromatic carbocycles. The molecule has 16 nitrogen and oxygen atoms in total. The quantitative estimate of drug-likeness (QED) is 0.0234. The zero-order valence-corrected chi connectivity index (χ0v) is 26.1. The maximum Gasteiger partial charge on any atom is 0.242 e. The molecule has 0 spiro atoms. The molecule has 3 amide bonds. The molecule has 1 unspecified atom stereocenters. The molecule has 0 radical (unpaired) electrons. The van der Waals surface area contributed by atoms with E-state index in [0.29, 0.717) is 32.5 Å². The molecule has 1 rings (SSSR count). The molecule has 0 fully saturated rings. The van der Waals surface area contributed by atoms with E-state index in [4.69, 9.17) is 22.6 Å². The first-order valence-corrected chi connectivity index (χ1v) is 15.5. The minimum Gasteiger partial charge on any atom is -0.508 e. The summed E-state index contributed by atoms with van der Waals surface area (Å²) in [7, 11) is 0. The first-order valence-electron chi connectivity index (χ1n) is 15.5. The first-order chi connectivity index (χ1) is 21.5. The van der Waals surface area contributed by atoms with Crippen LogP contribution in [0.25, 0.3) is 0 Å². The standard InChI is InChI=1S/C29H54N10O6/c30-22(7-4-15-38-29(32)33)27(44)36-16-6-13-35-12-5-11-34-10-2-1-3-14-37-28(45)23(19-25(31)42)39-26(43)17-20-8-9-21(40)18-24(20)41/h8-9,18,22-23,25,34-35,40-42H,1-7,10-17,19,30-31H2,(H,36,44)(H,37,45)(H,39,43)(H4,32,33,38)/t22-,23-,25?/m0/s1. The summed E-state index contributed by atoms with van der Waals surface area (Å²) in [4.78, 5) is 37.0. The molecular weight excluding hydrogens is 584 g/mol. The molecule has 0 saturated carbocycles. The largest absolute Gasteiger partial charge is 0.508 e. The number of aromatic hydroxyl groups is 2. The number of nitrogens with two attached hydrogens (primary N) is 3. The average Bonchev–Trinajstić information content (AvgIpc) is 2.97. The van der Waals surface area contributed by atoms with Crippen LogP contribution in [0.4, 0.5) is 0 Å². The van der Waals surface area contributed by atoms with Crippen molar-refractivity contribution in [3.05, 3.63) is 23.8 Å². The molecule has 256 valence electrons. The SMILES string of the molecule is N=C(N)NCCC[C@H](N)C(=O)NCCCNCCCNCCCCCNC(=O)[C@H](CC(N)O)NC(=O)Cc1ccc(O)cc1O. The summed E-state index contributed by atoms with van der Waals surface area (Å²) in [6.45, 7) is 4.87. The van der Waals surface area contributed by atoms with Crippen LogP contribution < -0.4 is 49.1 Å². The Morgan fingerprint density at radius 2 is 1.36 bits per heavy atom. The van der Waals surface area contributed by atoms with Crippen LogP contribution in [0.5, 0.6) is 11.5 Å². The van der Waals surface area contributed by atoms with Gasteiger partial charge in [0, 0.05) is 37.7 Å². The molecule has 3 atom stereocenters. The van der Waals surface area contributed by atoms with Crippen molar-refractivity contribution in [2.75, 3.05) is 45.8 Å². The molecule has 0 heterocycles. The van der Waals surface area contributed by atoms with E-state index in [1.165, 1.54) is 12.1 Å². The minimum atomic E-state index is -1.29. The molecule has 16 heteroatoms. The topological polar surface area (TPSA) is 286 Å². The predicted octanol–water partition coefficient (Wildman–Crippen LogP) is -2.26. The van der Waals surface area contributed by atoms with Gasteiger partial charge in [-0.1, -0.05) is 12.5 Å². The van der Waals surface area contributed by atoms with Gasteiger partial charge in [-0.3, -0.25) is 19.8 Å². The van der Waals surface area contributed by atoms with E-state index >= 15 is 0 Å². The Bertz CT molecular complexity index is 1030. The first kappa shape index (κ1) is 39.3. The summed E-state index contributed by atoms with van der Waals surface area (Å²) in [5.74, 6) is -1.61. The van der Waals surface area contributed by atoms with E-state index in [9.17, 15) is 29.7 Å². The number of rotatable bonds is 25. The van der Waals surface area contributed by atoms with E-state index in [1.807, 2.05) is 0 Å². The van der Waals surface area contributed by atoms with Gasteiger partial charge >= 0.3 is 0 Å². The Balaban J connectivity index is 2.05. The van der Waals surface area contributed by atoms with Gasteiger partial charge in [0.2, 0.25) is 17.7 Å². The van der Waals surface area contributed by atoms with E-state index in [2.05, 4.69) is 31.9 Å². The lowest BCUT2D eigenvalue weighted by atomic mass is 10.1. The van der Waals surface area contributed by atoms with Crippen LogP contribution in [0.3, 0.4) is 0 Å². The molecule has 16 N–H and O–H groups in total. The Labute approximate surface area is 265 Å². The van der Waals surface area contributed by atoms with Crippen LogP contribution in [-0.2, 0) is 20.8 Å². The number of carbonyl (C=O) groups excluding carboxylic acids is 3. The fraction of sp³-hybridized carbons (Fsp3) is 0.655. The third-order valence-electron chi connectivity index (χ3n) is 6.76. The van der Waals surface area contributed by atoms with Gasteiger partial charge in [-0.2, -0.15) is 0 Å². The number of phenolic OH excluding ortho intramolecular Hbond substituents is 2. The maximum atomic E-state index is 12.6. The minimum absolute atomic E-state index is 0.0939. The molecule has 0 aliphatic rings. The zero-order chi connectivity index (χ0) is 33.5. The lowest BCUT2D eigenvalue weighted by Crippen LogP contribution is -2.50. The summed E-state index contributed by atoms with van der Waals surface area (Å²) in [6, 6.07) is 2.29. The summed E-state index contributed by atoms with van der Waals surface area (Å²) in [6.07, 6.45) is 3.88. The fourth-order valence-electron chi connectivity index (χ4n) is 4.30. The maximum absolute atomic E-state index is 12.6. The van der Waals surface area contributed by atoms with Crippen LogP contribution in [0.1, 0.15) is 56.9 Å². The monoisotopic (exact) mass is 638 g/mol. The lowest BCUT2D eigenvalue weighted by Gasteiger charge is -2.20. The highest BCUT2D eigenvalue weighted by atomic mass is 16.3. The number of phenols is 2. The number of hydrogen-bond acceptors (Lipinski definition) is 11. The van der Waals surface area contributed by atoms with Crippen LogP contribution >= 0.6 is 0 Å². The van der Waals surface area contributed by atoms with Crippen molar-refractivity contribution in [3.63, 3.8) is 0 Å². The third kappa shape index (κ3) is 20.0. The number of carbonyl (C=O) groups is 3. The molecule has 1 aromatic rings. The summed E-state index contributed by atoms with van der Waals surface area (Å²) < 4.78 is 0. The summed E-state index contributed by atoms with van der Waals surface area (Å²) in [5, 5.41) is 53.5.